The van der Waals surface area contributed by atoms with Crippen molar-refractivity contribution in [2.24, 2.45) is 0 Å². The molecule has 1 aromatic heterocycles. The number of rotatable bonds is 8. The lowest BCUT2D eigenvalue weighted by atomic mass is 10.0. The molecule has 26 heavy (non-hydrogen) atoms. The number of hydrogen-bond acceptors (Lipinski definition) is 3. The molecule has 0 aliphatic carbocycles. The number of ether oxygens (including phenoxy) is 1. The van der Waals surface area contributed by atoms with Crippen LogP contribution in [-0.2, 0) is 6.42 Å². The first kappa shape index (κ1) is 18.2. The Bertz CT molecular complexity index is 910. The maximum atomic E-state index is 13.0. The Morgan fingerprint density at radius 1 is 1.00 bits per heavy atom. The van der Waals surface area contributed by atoms with Crippen LogP contribution < -0.4 is 10.2 Å². The molecule has 0 saturated heterocycles. The minimum atomic E-state index is 0.00954. The third-order valence-electron chi connectivity index (χ3n) is 4.64. The number of hydrogen-bond donors (Lipinski definition) is 0. The van der Waals surface area contributed by atoms with Gasteiger partial charge >= 0.3 is 0 Å². The molecule has 0 amide bonds. The van der Waals surface area contributed by atoms with Crippen LogP contribution in [0.2, 0.25) is 0 Å². The zero-order chi connectivity index (χ0) is 18.4. The molecule has 0 unspecified atom stereocenters. The Hall–Kier alpha value is -2.55. The molecule has 0 spiro atoms. The van der Waals surface area contributed by atoms with E-state index in [1.165, 1.54) is 19.3 Å². The number of unbranched alkanes of at least 4 members (excludes halogenated alkanes) is 3. The summed E-state index contributed by atoms with van der Waals surface area (Å²) in [6.45, 7) is 4.78. The first-order chi connectivity index (χ1) is 12.7. The Morgan fingerprint density at radius 2 is 1.81 bits per heavy atom. The van der Waals surface area contributed by atoms with Crippen LogP contribution in [0.1, 0.15) is 45.1 Å². The Morgan fingerprint density at radius 3 is 2.54 bits per heavy atom. The van der Waals surface area contributed by atoms with Gasteiger partial charge in [0, 0.05) is 6.07 Å². The molecule has 1 heterocycles. The van der Waals surface area contributed by atoms with Gasteiger partial charge in [-0.2, -0.15) is 0 Å². The van der Waals surface area contributed by atoms with Gasteiger partial charge in [-0.05, 0) is 37.0 Å². The highest BCUT2D eigenvalue weighted by Crippen LogP contribution is 2.28. The van der Waals surface area contributed by atoms with Crippen LogP contribution in [0.4, 0.5) is 0 Å². The van der Waals surface area contributed by atoms with E-state index in [-0.39, 0.29) is 5.43 Å². The Labute approximate surface area is 154 Å². The lowest BCUT2D eigenvalue weighted by Crippen LogP contribution is -2.06. The van der Waals surface area contributed by atoms with Crippen LogP contribution >= 0.6 is 0 Å². The standard InChI is InChI=1S/C23H26O3/c1-3-5-6-8-13-18-14-19-22(15-21(18)25-4-2)26-16-20(23(19)24)17-11-9-7-10-12-17/h7,9-12,14-16H,3-6,8,13H2,1-2H3. The monoisotopic (exact) mass is 350 g/mol. The third-order valence-corrected chi connectivity index (χ3v) is 4.64. The molecule has 136 valence electrons. The highest BCUT2D eigenvalue weighted by molar-refractivity contribution is 5.83. The van der Waals surface area contributed by atoms with Crippen molar-refractivity contribution in [3.8, 4) is 16.9 Å². The van der Waals surface area contributed by atoms with Crippen molar-refractivity contribution < 1.29 is 9.15 Å². The largest absolute Gasteiger partial charge is 0.493 e. The lowest BCUT2D eigenvalue weighted by molar-refractivity contribution is 0.336. The molecule has 0 bridgehead atoms. The van der Waals surface area contributed by atoms with E-state index in [9.17, 15) is 4.79 Å². The summed E-state index contributed by atoms with van der Waals surface area (Å²) in [7, 11) is 0. The van der Waals surface area contributed by atoms with Gasteiger partial charge in [-0.3, -0.25) is 4.79 Å². The van der Waals surface area contributed by atoms with Crippen molar-refractivity contribution in [1.29, 1.82) is 0 Å². The quantitative estimate of drug-likeness (QED) is 0.469. The lowest BCUT2D eigenvalue weighted by Gasteiger charge is -2.12. The van der Waals surface area contributed by atoms with Gasteiger partial charge in [0.1, 0.15) is 17.6 Å². The molecule has 3 nitrogen and oxygen atoms in total. The van der Waals surface area contributed by atoms with Gasteiger partial charge in [0.2, 0.25) is 5.43 Å². The minimum Gasteiger partial charge on any atom is -0.493 e. The van der Waals surface area contributed by atoms with Crippen molar-refractivity contribution in [2.75, 3.05) is 6.61 Å². The molecule has 0 atom stereocenters. The summed E-state index contributed by atoms with van der Waals surface area (Å²) in [6, 6.07) is 13.5. The molecule has 3 heteroatoms. The maximum absolute atomic E-state index is 13.0. The SMILES string of the molecule is CCCCCCc1cc2c(=O)c(-c3ccccc3)coc2cc1OCC. The van der Waals surface area contributed by atoms with E-state index < -0.39 is 0 Å². The molecule has 2 aromatic carbocycles. The van der Waals surface area contributed by atoms with Gasteiger partial charge in [0.15, 0.2) is 0 Å². The highest BCUT2D eigenvalue weighted by Gasteiger charge is 2.13. The van der Waals surface area contributed by atoms with Crippen LogP contribution in [0.25, 0.3) is 22.1 Å². The average molecular weight is 350 g/mol. The van der Waals surface area contributed by atoms with Gasteiger partial charge in [0.05, 0.1) is 17.6 Å². The van der Waals surface area contributed by atoms with Gasteiger partial charge in [-0.25, -0.2) is 0 Å². The van der Waals surface area contributed by atoms with E-state index in [2.05, 4.69) is 6.92 Å². The summed E-state index contributed by atoms with van der Waals surface area (Å²) < 4.78 is 11.6. The molecule has 0 aliphatic heterocycles. The second-order valence-corrected chi connectivity index (χ2v) is 6.54. The molecular formula is C23H26O3. The van der Waals surface area contributed by atoms with Crippen LogP contribution in [-0.4, -0.2) is 6.61 Å². The second-order valence-electron chi connectivity index (χ2n) is 6.54. The molecule has 0 aliphatic rings. The molecule has 3 aromatic rings. The van der Waals surface area contributed by atoms with Gasteiger partial charge in [-0.1, -0.05) is 56.5 Å². The number of benzene rings is 2. The van der Waals surface area contributed by atoms with Crippen LogP contribution in [0.5, 0.6) is 5.75 Å². The van der Waals surface area contributed by atoms with Crippen molar-refractivity contribution >= 4 is 11.0 Å². The molecule has 3 rings (SSSR count). The van der Waals surface area contributed by atoms with E-state index in [4.69, 9.17) is 9.15 Å². The molecular weight excluding hydrogens is 324 g/mol. The second kappa shape index (κ2) is 8.70. The van der Waals surface area contributed by atoms with Crippen LogP contribution in [0.3, 0.4) is 0 Å². The zero-order valence-corrected chi connectivity index (χ0v) is 15.6. The van der Waals surface area contributed by atoms with Gasteiger partial charge in [-0.15, -0.1) is 0 Å². The maximum Gasteiger partial charge on any atom is 0.200 e. The van der Waals surface area contributed by atoms with Crippen LogP contribution in [0.15, 0.2) is 57.9 Å². The van der Waals surface area contributed by atoms with Gasteiger partial charge in [0.25, 0.3) is 0 Å². The molecule has 0 N–H and O–H groups in total. The smallest absolute Gasteiger partial charge is 0.200 e. The summed E-state index contributed by atoms with van der Waals surface area (Å²) in [5.41, 5.74) is 3.15. The van der Waals surface area contributed by atoms with Crippen LogP contribution in [0, 0.1) is 0 Å². The highest BCUT2D eigenvalue weighted by atomic mass is 16.5. The summed E-state index contributed by atoms with van der Waals surface area (Å²) in [6.07, 6.45) is 7.21. The third kappa shape index (κ3) is 3.98. The number of aryl methyl sites for hydroxylation is 1. The fourth-order valence-electron chi connectivity index (χ4n) is 3.25. The Balaban J connectivity index is 2.03. The van der Waals surface area contributed by atoms with E-state index in [1.807, 2.05) is 49.4 Å². The van der Waals surface area contributed by atoms with Crippen molar-refractivity contribution in [3.63, 3.8) is 0 Å². The van der Waals surface area contributed by atoms with Crippen molar-refractivity contribution in [2.45, 2.75) is 46.0 Å². The fourth-order valence-corrected chi connectivity index (χ4v) is 3.25. The first-order valence-electron chi connectivity index (χ1n) is 9.51. The number of fused-ring (bicyclic) bond motifs is 1. The first-order valence-corrected chi connectivity index (χ1v) is 9.51. The minimum absolute atomic E-state index is 0.00954. The molecule has 0 radical (unpaired) electrons. The normalized spacial score (nSPS) is 11.0. The topological polar surface area (TPSA) is 39.4 Å². The summed E-state index contributed by atoms with van der Waals surface area (Å²) >= 11 is 0. The Kier molecular flexibility index (Phi) is 6.11. The fraction of sp³-hybridized carbons (Fsp3) is 0.348. The van der Waals surface area contributed by atoms with Crippen molar-refractivity contribution in [1.82, 2.24) is 0 Å². The van der Waals surface area contributed by atoms with E-state index in [1.54, 1.807) is 6.26 Å². The van der Waals surface area contributed by atoms with E-state index in [0.717, 1.165) is 29.7 Å². The van der Waals surface area contributed by atoms with Gasteiger partial charge < -0.3 is 9.15 Å². The van der Waals surface area contributed by atoms with E-state index >= 15 is 0 Å². The predicted octanol–water partition coefficient (Wildman–Crippen LogP) is 5.98. The summed E-state index contributed by atoms with van der Waals surface area (Å²) in [4.78, 5) is 13.0. The predicted molar refractivity (Wildman–Crippen MR) is 107 cm³/mol. The summed E-state index contributed by atoms with van der Waals surface area (Å²) in [5.74, 6) is 0.826. The molecule has 0 saturated carbocycles. The van der Waals surface area contributed by atoms with Crippen molar-refractivity contribution in [3.05, 3.63) is 64.5 Å². The van der Waals surface area contributed by atoms with E-state index in [0.29, 0.717) is 23.1 Å². The summed E-state index contributed by atoms with van der Waals surface area (Å²) in [5, 5.41) is 0.625. The molecule has 0 fully saturated rings. The average Bonchev–Trinajstić information content (AvgIpc) is 2.67. The zero-order valence-electron chi connectivity index (χ0n) is 15.6.